The molecule has 2 aromatic rings. The number of carbonyl (C=O) groups is 5. The van der Waals surface area contributed by atoms with Crippen LogP contribution in [0.25, 0.3) is 10.8 Å². The Bertz CT molecular complexity index is 1900. The van der Waals surface area contributed by atoms with Gasteiger partial charge in [0.15, 0.2) is 5.78 Å². The highest BCUT2D eigenvalue weighted by atomic mass is 32.2. The molecule has 5 rings (SSSR count). The Balaban J connectivity index is 1.41. The topological polar surface area (TPSA) is 210 Å². The number of nitrogens with one attached hydrogen (secondary N) is 3. The second kappa shape index (κ2) is 14.9. The normalized spacial score (nSPS) is 23.5. The number of allylic oxidation sites excluding steroid dienone is 2. The third-order valence-electron chi connectivity index (χ3n) is 9.36. The van der Waals surface area contributed by atoms with Crippen LogP contribution < -0.4 is 24.8 Å². The number of ketones is 1. The Kier molecular flexibility index (Phi) is 11.0. The lowest BCUT2D eigenvalue weighted by atomic mass is 9.95. The first kappa shape index (κ1) is 38.2. The van der Waals surface area contributed by atoms with Crippen molar-refractivity contribution in [2.45, 2.75) is 88.3 Å². The van der Waals surface area contributed by atoms with Gasteiger partial charge in [0.25, 0.3) is 5.91 Å². The number of likely N-dealkylation sites (tertiary alicyclic amines) is 1. The smallest absolute Gasteiger partial charge is 0.405 e. The van der Waals surface area contributed by atoms with Gasteiger partial charge in [-0.3, -0.25) is 23.9 Å². The second-order valence-corrected chi connectivity index (χ2v) is 16.5. The molecule has 3 fully saturated rings. The molecule has 2 unspecified atom stereocenters. The number of carboxylic acid groups (broad SMARTS) is 1. The van der Waals surface area contributed by atoms with E-state index in [-0.39, 0.29) is 49.3 Å². The zero-order chi connectivity index (χ0) is 38.0. The van der Waals surface area contributed by atoms with Gasteiger partial charge in [-0.25, -0.2) is 18.2 Å². The number of aromatic nitrogens is 1. The maximum atomic E-state index is 14.1. The van der Waals surface area contributed by atoms with Gasteiger partial charge in [0.1, 0.15) is 29.5 Å². The molecule has 1 aromatic carbocycles. The minimum Gasteiger partial charge on any atom is -0.497 e. The molecule has 1 aliphatic heterocycles. The first-order valence-corrected chi connectivity index (χ1v) is 18.6. The zero-order valence-corrected chi connectivity index (χ0v) is 30.4. The van der Waals surface area contributed by atoms with Crippen LogP contribution >= 0.6 is 0 Å². The molecule has 15 nitrogen and oxygen atoms in total. The molecule has 5 atom stereocenters. The number of carbonyl (C=O) groups excluding carboxylic acids is 4. The molecule has 16 heteroatoms. The van der Waals surface area contributed by atoms with E-state index in [1.54, 1.807) is 37.5 Å². The highest BCUT2D eigenvalue weighted by molar-refractivity contribution is 7.91. The van der Waals surface area contributed by atoms with Crippen molar-refractivity contribution in [2.24, 2.45) is 11.3 Å². The molecule has 280 valence electrons. The number of hydrogen-bond acceptors (Lipinski definition) is 10. The fourth-order valence-corrected chi connectivity index (χ4v) is 7.58. The SMILES string of the molecule is C=CC1CC1(NC(=O)[C@@H]1C[C@@H](Oc2nccc3cc(OC)ccc23)CN1C(=O)[C@H](CCC(=O)/C=C/C(C)(C)C)NC(=O)O)C(=O)NS(=O)(=O)C1CC1. The number of nitrogens with zero attached hydrogens (tertiary/aromatic N) is 2. The Labute approximate surface area is 302 Å². The molecule has 1 aromatic heterocycles. The average Bonchev–Trinajstić information content (AvgIpc) is 4.01. The van der Waals surface area contributed by atoms with E-state index in [2.05, 4.69) is 26.9 Å². The lowest BCUT2D eigenvalue weighted by Gasteiger charge is -2.29. The average molecular weight is 740 g/mol. The predicted molar refractivity (Wildman–Crippen MR) is 190 cm³/mol. The van der Waals surface area contributed by atoms with Crippen molar-refractivity contribution in [3.05, 3.63) is 55.3 Å². The predicted octanol–water partition coefficient (Wildman–Crippen LogP) is 2.85. The molecular weight excluding hydrogens is 694 g/mol. The van der Waals surface area contributed by atoms with Crippen LogP contribution in [-0.4, -0.2) is 95.6 Å². The van der Waals surface area contributed by atoms with Crippen molar-refractivity contribution >= 4 is 50.4 Å². The number of benzene rings is 1. The van der Waals surface area contributed by atoms with E-state index in [1.165, 1.54) is 23.2 Å². The first-order valence-electron chi connectivity index (χ1n) is 17.1. The van der Waals surface area contributed by atoms with Crippen molar-refractivity contribution in [3.63, 3.8) is 0 Å². The number of rotatable bonds is 15. The highest BCUT2D eigenvalue weighted by Crippen LogP contribution is 2.45. The number of amides is 4. The third-order valence-corrected chi connectivity index (χ3v) is 11.2. The molecular formula is C36H45N5O10S. The Morgan fingerprint density at radius 3 is 2.52 bits per heavy atom. The Hall–Kier alpha value is -4.99. The van der Waals surface area contributed by atoms with Gasteiger partial charge in [0, 0.05) is 30.3 Å². The van der Waals surface area contributed by atoms with Gasteiger partial charge in [-0.1, -0.05) is 32.9 Å². The van der Waals surface area contributed by atoms with E-state index in [1.807, 2.05) is 20.8 Å². The summed E-state index contributed by atoms with van der Waals surface area (Å²) >= 11 is 0. The van der Waals surface area contributed by atoms with E-state index < -0.39 is 68.7 Å². The van der Waals surface area contributed by atoms with Crippen molar-refractivity contribution in [1.82, 2.24) is 25.2 Å². The molecule has 2 aliphatic carbocycles. The zero-order valence-electron chi connectivity index (χ0n) is 29.6. The van der Waals surface area contributed by atoms with Gasteiger partial charge in [-0.2, -0.15) is 0 Å². The molecule has 4 amide bonds. The van der Waals surface area contributed by atoms with Crippen LogP contribution in [0.3, 0.4) is 0 Å². The number of methoxy groups -OCH3 is 1. The molecule has 0 bridgehead atoms. The Morgan fingerprint density at radius 1 is 1.17 bits per heavy atom. The maximum absolute atomic E-state index is 14.1. The van der Waals surface area contributed by atoms with Crippen LogP contribution in [0.1, 0.15) is 59.3 Å². The summed E-state index contributed by atoms with van der Waals surface area (Å²) in [6.45, 7) is 9.29. The third kappa shape index (κ3) is 8.89. The van der Waals surface area contributed by atoms with Crippen molar-refractivity contribution < 1.29 is 47.0 Å². The summed E-state index contributed by atoms with van der Waals surface area (Å²) in [4.78, 5) is 71.7. The molecule has 0 spiro atoms. The molecule has 0 radical (unpaired) electrons. The highest BCUT2D eigenvalue weighted by Gasteiger charge is 2.62. The summed E-state index contributed by atoms with van der Waals surface area (Å²) in [5.74, 6) is -2.49. The van der Waals surface area contributed by atoms with Crippen LogP contribution in [0.15, 0.2) is 55.3 Å². The minimum absolute atomic E-state index is 0.0737. The summed E-state index contributed by atoms with van der Waals surface area (Å²) in [5.41, 5.74) is -1.89. The summed E-state index contributed by atoms with van der Waals surface area (Å²) in [5, 5.41) is 15.2. The van der Waals surface area contributed by atoms with Crippen LogP contribution in [0.4, 0.5) is 4.79 Å². The fourth-order valence-electron chi connectivity index (χ4n) is 6.22. The summed E-state index contributed by atoms with van der Waals surface area (Å²) < 4.78 is 39.0. The number of ether oxygens (including phenoxy) is 2. The van der Waals surface area contributed by atoms with Crippen LogP contribution in [0.5, 0.6) is 11.6 Å². The lowest BCUT2D eigenvalue weighted by molar-refractivity contribution is -0.141. The van der Waals surface area contributed by atoms with Gasteiger partial charge in [0.2, 0.25) is 27.7 Å². The van der Waals surface area contributed by atoms with Gasteiger partial charge < -0.3 is 30.1 Å². The van der Waals surface area contributed by atoms with E-state index in [9.17, 15) is 37.5 Å². The molecule has 52 heavy (non-hydrogen) atoms. The quantitative estimate of drug-likeness (QED) is 0.154. The molecule has 2 heterocycles. The maximum Gasteiger partial charge on any atom is 0.405 e. The summed E-state index contributed by atoms with van der Waals surface area (Å²) in [6, 6.07) is 4.39. The number of sulfonamides is 1. The van der Waals surface area contributed by atoms with Gasteiger partial charge in [-0.15, -0.1) is 6.58 Å². The Morgan fingerprint density at radius 2 is 1.90 bits per heavy atom. The van der Waals surface area contributed by atoms with Crippen molar-refractivity contribution in [1.29, 1.82) is 0 Å². The standard InChI is InChI=1S/C36H45N5O10S/c1-6-22-19-36(22,33(45)40-52(48,49)26-9-10-26)39-30(43)29-18-25(51-31-27-11-8-24(50-5)17-21(27)14-16-37-31)20-41(29)32(44)28(38-34(46)47)12-7-23(42)13-15-35(2,3)4/h6,8,11,13-17,22,25-26,28-29,38H,1,7,9-10,12,18-20H2,2-5H3,(H,39,43)(H,40,45)(H,46,47)/b15-13+/t22?,25-,28+,29+,36?/m1/s1. The molecule has 2 saturated carbocycles. The summed E-state index contributed by atoms with van der Waals surface area (Å²) in [7, 11) is -2.39. The fraction of sp³-hybridized carbons (Fsp3) is 0.500. The number of hydrogen-bond donors (Lipinski definition) is 4. The van der Waals surface area contributed by atoms with Gasteiger partial charge >= 0.3 is 6.09 Å². The van der Waals surface area contributed by atoms with E-state index in [0.717, 1.165) is 5.39 Å². The lowest BCUT2D eigenvalue weighted by Crippen LogP contribution is -2.58. The van der Waals surface area contributed by atoms with Crippen LogP contribution in [0.2, 0.25) is 0 Å². The molecule has 4 N–H and O–H groups in total. The van der Waals surface area contributed by atoms with E-state index in [0.29, 0.717) is 24.0 Å². The van der Waals surface area contributed by atoms with Gasteiger partial charge in [0.05, 0.1) is 18.9 Å². The number of fused-ring (bicyclic) bond motifs is 1. The largest absolute Gasteiger partial charge is 0.497 e. The van der Waals surface area contributed by atoms with E-state index in [4.69, 9.17) is 9.47 Å². The minimum atomic E-state index is -3.94. The van der Waals surface area contributed by atoms with Crippen LogP contribution in [0, 0.1) is 11.3 Å². The second-order valence-electron chi connectivity index (χ2n) is 14.6. The molecule has 1 saturated heterocycles. The number of pyridine rings is 1. The van der Waals surface area contributed by atoms with Gasteiger partial charge in [-0.05, 0) is 66.8 Å². The monoisotopic (exact) mass is 739 g/mol. The van der Waals surface area contributed by atoms with E-state index >= 15 is 0 Å². The van der Waals surface area contributed by atoms with Crippen LogP contribution in [-0.2, 0) is 29.2 Å². The first-order chi connectivity index (χ1) is 24.5. The molecule has 3 aliphatic rings. The summed E-state index contributed by atoms with van der Waals surface area (Å²) in [6.07, 6.45) is 4.31. The van der Waals surface area contributed by atoms with Crippen molar-refractivity contribution in [2.75, 3.05) is 13.7 Å². The van der Waals surface area contributed by atoms with Crippen molar-refractivity contribution in [3.8, 4) is 11.6 Å².